The van der Waals surface area contributed by atoms with E-state index in [1.165, 1.54) is 48.5 Å². The molecule has 13 heteroatoms. The van der Waals surface area contributed by atoms with Crippen LogP contribution in [0.15, 0.2) is 54.6 Å². The average molecular weight is 572 g/mol. The lowest BCUT2D eigenvalue weighted by molar-refractivity contribution is -0.153. The van der Waals surface area contributed by atoms with Crippen LogP contribution in [-0.4, -0.2) is 37.0 Å². The van der Waals surface area contributed by atoms with Crippen molar-refractivity contribution in [2.75, 3.05) is 18.5 Å². The first-order chi connectivity index (χ1) is 17.9. The van der Waals surface area contributed by atoms with Crippen molar-refractivity contribution in [3.63, 3.8) is 0 Å². The minimum absolute atomic E-state index is 0.00196. The first-order valence-electron chi connectivity index (χ1n) is 10.8. The number of anilines is 1. The van der Waals surface area contributed by atoms with Crippen molar-refractivity contribution >= 4 is 46.6 Å². The highest BCUT2D eigenvalue weighted by molar-refractivity contribution is 6.34. The van der Waals surface area contributed by atoms with Gasteiger partial charge in [-0.2, -0.15) is 13.2 Å². The zero-order valence-corrected chi connectivity index (χ0v) is 20.8. The van der Waals surface area contributed by atoms with E-state index < -0.39 is 47.6 Å². The molecule has 200 valence electrons. The third kappa shape index (κ3) is 7.59. The second-order valence-corrected chi connectivity index (χ2v) is 8.65. The SMILES string of the molecule is NC(=O)CCNC(=O)c1ccc(Cl)c(-c2ccc(NC(=O)c3c(F)cccc3Cl)c(OCC(F)(F)F)c2)c1. The summed E-state index contributed by atoms with van der Waals surface area (Å²) in [5.74, 6) is -3.47. The average Bonchev–Trinajstić information content (AvgIpc) is 2.83. The largest absolute Gasteiger partial charge is 0.482 e. The number of hydrogen-bond donors (Lipinski definition) is 3. The van der Waals surface area contributed by atoms with E-state index >= 15 is 0 Å². The van der Waals surface area contributed by atoms with E-state index in [4.69, 9.17) is 33.7 Å². The molecule has 0 aromatic heterocycles. The van der Waals surface area contributed by atoms with Gasteiger partial charge in [0.25, 0.3) is 11.8 Å². The Morgan fingerprint density at radius 3 is 2.34 bits per heavy atom. The van der Waals surface area contributed by atoms with E-state index in [-0.39, 0.29) is 45.4 Å². The third-order valence-corrected chi connectivity index (χ3v) is 5.65. The first-order valence-corrected chi connectivity index (χ1v) is 11.6. The number of alkyl halides is 3. The van der Waals surface area contributed by atoms with Gasteiger partial charge in [0.1, 0.15) is 11.6 Å². The van der Waals surface area contributed by atoms with Gasteiger partial charge in [-0.15, -0.1) is 0 Å². The molecule has 38 heavy (non-hydrogen) atoms. The molecule has 3 aromatic rings. The Balaban J connectivity index is 1.96. The Bertz CT molecular complexity index is 1360. The van der Waals surface area contributed by atoms with Crippen LogP contribution in [0.4, 0.5) is 23.2 Å². The molecule has 3 amide bonds. The Morgan fingerprint density at radius 1 is 0.947 bits per heavy atom. The van der Waals surface area contributed by atoms with Crippen LogP contribution in [0.25, 0.3) is 11.1 Å². The summed E-state index contributed by atoms with van der Waals surface area (Å²) in [7, 11) is 0. The highest BCUT2D eigenvalue weighted by Crippen LogP contribution is 2.36. The van der Waals surface area contributed by atoms with Gasteiger partial charge >= 0.3 is 6.18 Å². The van der Waals surface area contributed by atoms with Crippen molar-refractivity contribution in [3.8, 4) is 16.9 Å². The number of carbonyl (C=O) groups is 3. The Morgan fingerprint density at radius 2 is 1.68 bits per heavy atom. The van der Waals surface area contributed by atoms with Crippen molar-refractivity contribution in [3.05, 3.63) is 81.6 Å². The number of benzene rings is 3. The third-order valence-electron chi connectivity index (χ3n) is 5.01. The second kappa shape index (κ2) is 12.1. The standard InChI is InChI=1S/C25H19Cl2F4N3O4/c26-16-6-4-14(23(36)33-9-8-21(32)35)10-15(16)13-5-7-19(20(11-13)38-12-25(29,30)31)34-24(37)22-17(27)2-1-3-18(22)28/h1-7,10-11H,8-9,12H2,(H2,32,35)(H,33,36)(H,34,37). The van der Waals surface area contributed by atoms with Crippen LogP contribution in [0.1, 0.15) is 27.1 Å². The molecule has 0 aliphatic rings. The summed E-state index contributed by atoms with van der Waals surface area (Å²) in [6, 6.07) is 11.6. The van der Waals surface area contributed by atoms with E-state index in [0.29, 0.717) is 0 Å². The van der Waals surface area contributed by atoms with Crippen molar-refractivity contribution in [2.24, 2.45) is 5.73 Å². The molecule has 0 saturated heterocycles. The Labute approximate surface area is 223 Å². The molecule has 3 rings (SSSR count). The van der Waals surface area contributed by atoms with Crippen LogP contribution in [0, 0.1) is 5.82 Å². The first kappa shape index (κ1) is 28.7. The van der Waals surface area contributed by atoms with Crippen molar-refractivity contribution < 1.29 is 36.7 Å². The van der Waals surface area contributed by atoms with Crippen LogP contribution in [-0.2, 0) is 4.79 Å². The fourth-order valence-electron chi connectivity index (χ4n) is 3.26. The maximum absolute atomic E-state index is 14.2. The fraction of sp³-hybridized carbons (Fsp3) is 0.160. The van der Waals surface area contributed by atoms with E-state index in [0.717, 1.165) is 6.07 Å². The number of nitrogens with two attached hydrogens (primary N) is 1. The summed E-state index contributed by atoms with van der Waals surface area (Å²) in [5, 5.41) is 4.78. The summed E-state index contributed by atoms with van der Waals surface area (Å²) in [5.41, 5.74) is 5.02. The lowest BCUT2D eigenvalue weighted by atomic mass is 10.0. The van der Waals surface area contributed by atoms with Gasteiger partial charge in [-0.25, -0.2) is 4.39 Å². The maximum Gasteiger partial charge on any atom is 0.422 e. The van der Waals surface area contributed by atoms with Crippen molar-refractivity contribution in [1.82, 2.24) is 5.32 Å². The van der Waals surface area contributed by atoms with Gasteiger partial charge < -0.3 is 21.1 Å². The van der Waals surface area contributed by atoms with Gasteiger partial charge in [-0.05, 0) is 48.0 Å². The molecule has 7 nitrogen and oxygen atoms in total. The summed E-state index contributed by atoms with van der Waals surface area (Å²) in [6.45, 7) is -1.68. The van der Waals surface area contributed by atoms with Crippen LogP contribution in [0.2, 0.25) is 10.0 Å². The molecule has 3 aromatic carbocycles. The minimum atomic E-state index is -4.70. The molecule has 0 saturated carbocycles. The highest BCUT2D eigenvalue weighted by Gasteiger charge is 2.29. The predicted molar refractivity (Wildman–Crippen MR) is 134 cm³/mol. The number of halogens is 6. The van der Waals surface area contributed by atoms with Gasteiger partial charge in [-0.3, -0.25) is 14.4 Å². The van der Waals surface area contributed by atoms with Crippen molar-refractivity contribution in [2.45, 2.75) is 12.6 Å². The number of rotatable bonds is 9. The molecule has 0 fully saturated rings. The summed E-state index contributed by atoms with van der Waals surface area (Å²) in [4.78, 5) is 36.0. The van der Waals surface area contributed by atoms with Crippen LogP contribution in [0.5, 0.6) is 5.75 Å². The lowest BCUT2D eigenvalue weighted by Crippen LogP contribution is -2.27. The summed E-state index contributed by atoms with van der Waals surface area (Å²) < 4.78 is 57.8. The molecule has 0 spiro atoms. The van der Waals surface area contributed by atoms with Crippen LogP contribution < -0.4 is 21.1 Å². The number of primary amides is 1. The molecule has 4 N–H and O–H groups in total. The number of nitrogens with one attached hydrogen (secondary N) is 2. The molecule has 0 heterocycles. The number of carbonyl (C=O) groups excluding carboxylic acids is 3. The molecule has 0 bridgehead atoms. The molecule has 0 aliphatic heterocycles. The van der Waals surface area contributed by atoms with Gasteiger partial charge in [0, 0.05) is 29.1 Å². The molecule has 0 atom stereocenters. The molecule has 0 radical (unpaired) electrons. The second-order valence-electron chi connectivity index (χ2n) is 7.83. The minimum Gasteiger partial charge on any atom is -0.482 e. The summed E-state index contributed by atoms with van der Waals surface area (Å²) >= 11 is 12.2. The number of hydrogen-bond acceptors (Lipinski definition) is 4. The van der Waals surface area contributed by atoms with Crippen LogP contribution >= 0.6 is 23.2 Å². The van der Waals surface area contributed by atoms with Gasteiger partial charge in [0.05, 0.1) is 16.3 Å². The van der Waals surface area contributed by atoms with E-state index in [1.54, 1.807) is 0 Å². The molecular formula is C25H19Cl2F4N3O4. The molecule has 0 unspecified atom stereocenters. The smallest absolute Gasteiger partial charge is 0.422 e. The molecular weight excluding hydrogens is 553 g/mol. The number of amides is 3. The number of ether oxygens (including phenoxy) is 1. The van der Waals surface area contributed by atoms with Crippen molar-refractivity contribution in [1.29, 1.82) is 0 Å². The molecule has 0 aliphatic carbocycles. The monoisotopic (exact) mass is 571 g/mol. The Kier molecular flexibility index (Phi) is 9.18. The van der Waals surface area contributed by atoms with E-state index in [1.807, 2.05) is 0 Å². The van der Waals surface area contributed by atoms with Gasteiger partial charge in [-0.1, -0.05) is 35.3 Å². The normalized spacial score (nSPS) is 11.1. The lowest BCUT2D eigenvalue weighted by Gasteiger charge is -2.17. The van der Waals surface area contributed by atoms with Gasteiger partial charge in [0.2, 0.25) is 5.91 Å². The topological polar surface area (TPSA) is 111 Å². The Hall–Kier alpha value is -3.83. The predicted octanol–water partition coefficient (Wildman–Crippen LogP) is 5.60. The fourth-order valence-corrected chi connectivity index (χ4v) is 3.74. The quantitative estimate of drug-likeness (QED) is 0.290. The summed E-state index contributed by atoms with van der Waals surface area (Å²) in [6.07, 6.45) is -4.77. The van der Waals surface area contributed by atoms with Crippen LogP contribution in [0.3, 0.4) is 0 Å². The zero-order chi connectivity index (χ0) is 28.0. The van der Waals surface area contributed by atoms with E-state index in [9.17, 15) is 31.9 Å². The van der Waals surface area contributed by atoms with Gasteiger partial charge in [0.15, 0.2) is 6.61 Å². The highest BCUT2D eigenvalue weighted by atomic mass is 35.5. The zero-order valence-electron chi connectivity index (χ0n) is 19.3. The maximum atomic E-state index is 14.2. The van der Waals surface area contributed by atoms with E-state index in [2.05, 4.69) is 10.6 Å².